The van der Waals surface area contributed by atoms with Crippen LogP contribution in [0.25, 0.3) is 0 Å². The predicted octanol–water partition coefficient (Wildman–Crippen LogP) is -0.804. The molecule has 0 aliphatic heterocycles. The molecule has 7 heteroatoms. The van der Waals surface area contributed by atoms with Gasteiger partial charge in [0.2, 0.25) is 11.8 Å². The highest BCUT2D eigenvalue weighted by atomic mass is 16.4. The zero-order valence-electron chi connectivity index (χ0n) is 10.8. The zero-order valence-corrected chi connectivity index (χ0v) is 10.8. The summed E-state index contributed by atoms with van der Waals surface area (Å²) < 4.78 is 0. The summed E-state index contributed by atoms with van der Waals surface area (Å²) in [5, 5.41) is 11.3. The van der Waals surface area contributed by atoms with Gasteiger partial charge in [-0.2, -0.15) is 0 Å². The molecule has 1 saturated carbocycles. The molecule has 0 heterocycles. The van der Waals surface area contributed by atoms with Crippen molar-refractivity contribution < 1.29 is 19.5 Å². The summed E-state index contributed by atoms with van der Waals surface area (Å²) in [5.41, 5.74) is 10.5. The topological polar surface area (TPSA) is 136 Å². The standard InChI is InChI=1S/C12H21N3O4/c13-6-7-1-3-8(4-2-7)11(17)15-9(12(18)19)5-10(14)16/h7-9H,1-6,13H2,(H2,14,16)(H,15,17)(H,18,19)/t7?,8?,9-/m1/s1. The van der Waals surface area contributed by atoms with E-state index in [-0.39, 0.29) is 18.2 Å². The van der Waals surface area contributed by atoms with E-state index >= 15 is 0 Å². The van der Waals surface area contributed by atoms with Crippen molar-refractivity contribution >= 4 is 17.8 Å². The first-order valence-corrected chi connectivity index (χ1v) is 6.45. The Morgan fingerprint density at radius 1 is 1.21 bits per heavy atom. The number of hydrogen-bond acceptors (Lipinski definition) is 4. The first-order chi connectivity index (χ1) is 8.93. The van der Waals surface area contributed by atoms with Crippen molar-refractivity contribution in [3.05, 3.63) is 0 Å². The molecule has 0 radical (unpaired) electrons. The highest BCUT2D eigenvalue weighted by Gasteiger charge is 2.29. The molecule has 2 amide bonds. The Hall–Kier alpha value is -1.63. The van der Waals surface area contributed by atoms with Crippen LogP contribution >= 0.6 is 0 Å². The van der Waals surface area contributed by atoms with Gasteiger partial charge in [-0.05, 0) is 38.1 Å². The van der Waals surface area contributed by atoms with Crippen LogP contribution in [0, 0.1) is 11.8 Å². The van der Waals surface area contributed by atoms with Crippen molar-refractivity contribution in [3.63, 3.8) is 0 Å². The minimum absolute atomic E-state index is 0.197. The highest BCUT2D eigenvalue weighted by Crippen LogP contribution is 2.28. The Kier molecular flexibility index (Phi) is 5.75. The molecule has 0 unspecified atom stereocenters. The molecule has 1 atom stereocenters. The fourth-order valence-corrected chi connectivity index (χ4v) is 2.35. The Labute approximate surface area is 111 Å². The second-order valence-electron chi connectivity index (χ2n) is 5.02. The van der Waals surface area contributed by atoms with Gasteiger partial charge >= 0.3 is 5.97 Å². The molecule has 1 aliphatic carbocycles. The number of carboxylic acids is 1. The molecule has 19 heavy (non-hydrogen) atoms. The molecule has 1 aliphatic rings. The molecule has 0 spiro atoms. The molecule has 108 valence electrons. The van der Waals surface area contributed by atoms with Crippen LogP contribution in [-0.4, -0.2) is 35.5 Å². The van der Waals surface area contributed by atoms with E-state index < -0.39 is 17.9 Å². The first-order valence-electron chi connectivity index (χ1n) is 6.45. The van der Waals surface area contributed by atoms with E-state index in [0.717, 1.165) is 12.8 Å². The molecular weight excluding hydrogens is 250 g/mol. The van der Waals surface area contributed by atoms with Crippen LogP contribution in [0.1, 0.15) is 32.1 Å². The number of hydrogen-bond donors (Lipinski definition) is 4. The fourth-order valence-electron chi connectivity index (χ4n) is 2.35. The summed E-state index contributed by atoms with van der Waals surface area (Å²) in [6, 6.07) is -1.24. The second-order valence-corrected chi connectivity index (χ2v) is 5.02. The smallest absolute Gasteiger partial charge is 0.326 e. The minimum Gasteiger partial charge on any atom is -0.480 e. The molecule has 0 aromatic heterocycles. The first kappa shape index (κ1) is 15.4. The molecule has 1 fully saturated rings. The molecule has 6 N–H and O–H groups in total. The third kappa shape index (κ3) is 4.86. The number of amides is 2. The number of primary amides is 1. The lowest BCUT2D eigenvalue weighted by Gasteiger charge is -2.27. The summed E-state index contributed by atoms with van der Waals surface area (Å²) in [6.45, 7) is 0.619. The molecular formula is C12H21N3O4. The van der Waals surface area contributed by atoms with Crippen LogP contribution in [0.4, 0.5) is 0 Å². The average molecular weight is 271 g/mol. The maximum Gasteiger partial charge on any atom is 0.326 e. The zero-order chi connectivity index (χ0) is 14.4. The summed E-state index contributed by atoms with van der Waals surface area (Å²) in [5.74, 6) is -2.06. The van der Waals surface area contributed by atoms with Gasteiger partial charge in [0.25, 0.3) is 0 Å². The summed E-state index contributed by atoms with van der Waals surface area (Å²) in [7, 11) is 0. The number of rotatable bonds is 6. The quantitative estimate of drug-likeness (QED) is 0.501. The molecule has 1 rings (SSSR count). The van der Waals surface area contributed by atoms with Gasteiger partial charge < -0.3 is 21.9 Å². The maximum absolute atomic E-state index is 11.9. The Bertz CT molecular complexity index is 351. The summed E-state index contributed by atoms with van der Waals surface area (Å²) in [6.07, 6.45) is 2.77. The predicted molar refractivity (Wildman–Crippen MR) is 67.9 cm³/mol. The fraction of sp³-hybridized carbons (Fsp3) is 0.750. The van der Waals surface area contributed by atoms with Crippen molar-refractivity contribution in [3.8, 4) is 0 Å². The molecule has 0 bridgehead atoms. The van der Waals surface area contributed by atoms with Gasteiger partial charge in [-0.15, -0.1) is 0 Å². The summed E-state index contributed by atoms with van der Waals surface area (Å²) in [4.78, 5) is 33.6. The third-order valence-electron chi connectivity index (χ3n) is 3.57. The van der Waals surface area contributed by atoms with E-state index in [1.807, 2.05) is 0 Å². The Balaban J connectivity index is 2.48. The van der Waals surface area contributed by atoms with E-state index in [2.05, 4.69) is 5.32 Å². The molecule has 7 nitrogen and oxygen atoms in total. The van der Waals surface area contributed by atoms with Crippen molar-refractivity contribution in [1.29, 1.82) is 0 Å². The lowest BCUT2D eigenvalue weighted by atomic mass is 9.81. The number of carbonyl (C=O) groups excluding carboxylic acids is 2. The molecule has 0 aromatic rings. The van der Waals surface area contributed by atoms with Gasteiger partial charge in [-0.25, -0.2) is 4.79 Å². The lowest BCUT2D eigenvalue weighted by Crippen LogP contribution is -2.46. The largest absolute Gasteiger partial charge is 0.480 e. The third-order valence-corrected chi connectivity index (χ3v) is 3.57. The number of nitrogens with two attached hydrogens (primary N) is 2. The Morgan fingerprint density at radius 3 is 2.21 bits per heavy atom. The lowest BCUT2D eigenvalue weighted by molar-refractivity contribution is -0.144. The molecule has 0 aromatic carbocycles. The van der Waals surface area contributed by atoms with Gasteiger partial charge in [-0.3, -0.25) is 9.59 Å². The van der Waals surface area contributed by atoms with E-state index in [1.54, 1.807) is 0 Å². The maximum atomic E-state index is 11.9. The number of nitrogens with one attached hydrogen (secondary N) is 1. The SMILES string of the molecule is NCC1CCC(C(=O)N[C@H](CC(N)=O)C(=O)O)CC1. The van der Waals surface area contributed by atoms with Gasteiger partial charge in [-0.1, -0.05) is 0 Å². The van der Waals surface area contributed by atoms with E-state index in [0.29, 0.717) is 25.3 Å². The molecule has 0 saturated heterocycles. The highest BCUT2D eigenvalue weighted by molar-refractivity contribution is 5.88. The minimum atomic E-state index is -1.25. The van der Waals surface area contributed by atoms with Crippen molar-refractivity contribution in [2.75, 3.05) is 6.54 Å². The van der Waals surface area contributed by atoms with Crippen LogP contribution in [-0.2, 0) is 14.4 Å². The van der Waals surface area contributed by atoms with Crippen molar-refractivity contribution in [2.24, 2.45) is 23.3 Å². The monoisotopic (exact) mass is 271 g/mol. The van der Waals surface area contributed by atoms with Crippen LogP contribution in [0.2, 0.25) is 0 Å². The van der Waals surface area contributed by atoms with Crippen molar-refractivity contribution in [2.45, 2.75) is 38.1 Å². The van der Waals surface area contributed by atoms with E-state index in [1.165, 1.54) is 0 Å². The summed E-state index contributed by atoms with van der Waals surface area (Å²) >= 11 is 0. The van der Waals surface area contributed by atoms with Gasteiger partial charge in [0, 0.05) is 5.92 Å². The number of carboxylic acid groups (broad SMARTS) is 1. The van der Waals surface area contributed by atoms with E-state index in [9.17, 15) is 14.4 Å². The van der Waals surface area contributed by atoms with Gasteiger partial charge in [0.1, 0.15) is 6.04 Å². The van der Waals surface area contributed by atoms with Crippen LogP contribution in [0.5, 0.6) is 0 Å². The second kappa shape index (κ2) is 7.08. The number of carbonyl (C=O) groups is 3. The van der Waals surface area contributed by atoms with E-state index in [4.69, 9.17) is 16.6 Å². The van der Waals surface area contributed by atoms with Crippen LogP contribution in [0.3, 0.4) is 0 Å². The van der Waals surface area contributed by atoms with Crippen molar-refractivity contribution in [1.82, 2.24) is 5.32 Å². The number of aliphatic carboxylic acids is 1. The van der Waals surface area contributed by atoms with Gasteiger partial charge in [0.15, 0.2) is 0 Å². The van der Waals surface area contributed by atoms with Crippen LogP contribution in [0.15, 0.2) is 0 Å². The Morgan fingerprint density at radius 2 is 1.79 bits per heavy atom. The average Bonchev–Trinajstić information content (AvgIpc) is 2.37. The van der Waals surface area contributed by atoms with Gasteiger partial charge in [0.05, 0.1) is 6.42 Å². The normalized spacial score (nSPS) is 24.5. The van der Waals surface area contributed by atoms with Crippen LogP contribution < -0.4 is 16.8 Å².